The van der Waals surface area contributed by atoms with Gasteiger partial charge in [0, 0.05) is 19.1 Å². The van der Waals surface area contributed by atoms with Gasteiger partial charge in [-0.25, -0.2) is 0 Å². The highest BCUT2D eigenvalue weighted by molar-refractivity contribution is 4.81. The average molecular weight is 212 g/mol. The lowest BCUT2D eigenvalue weighted by molar-refractivity contribution is -0.151. The Bertz CT molecular complexity index is 168. The maximum Gasteiger partial charge on any atom is 0.401 e. The molecule has 0 aromatic heterocycles. The molecule has 0 amide bonds. The molecule has 6 heteroatoms. The molecule has 1 aliphatic rings. The van der Waals surface area contributed by atoms with Gasteiger partial charge in [-0.1, -0.05) is 0 Å². The molecule has 0 aromatic carbocycles. The minimum absolute atomic E-state index is 0.0891. The lowest BCUT2D eigenvalue weighted by Crippen LogP contribution is -2.44. The van der Waals surface area contributed by atoms with Crippen LogP contribution in [0.4, 0.5) is 13.2 Å². The fourth-order valence-corrected chi connectivity index (χ4v) is 1.70. The smallest absolute Gasteiger partial charge is 0.395 e. The van der Waals surface area contributed by atoms with Crippen molar-refractivity contribution < 1.29 is 18.3 Å². The van der Waals surface area contributed by atoms with Crippen molar-refractivity contribution in [2.45, 2.75) is 18.6 Å². The zero-order chi connectivity index (χ0) is 10.6. The van der Waals surface area contributed by atoms with E-state index in [9.17, 15) is 13.2 Å². The highest BCUT2D eigenvalue weighted by Crippen LogP contribution is 2.19. The van der Waals surface area contributed by atoms with Crippen LogP contribution in [-0.4, -0.2) is 55.0 Å². The molecular weight excluding hydrogens is 197 g/mol. The fraction of sp³-hybridized carbons (Fsp3) is 1.00. The monoisotopic (exact) mass is 212 g/mol. The molecule has 0 radical (unpaired) electrons. The van der Waals surface area contributed by atoms with Gasteiger partial charge in [-0.2, -0.15) is 13.2 Å². The molecule has 1 fully saturated rings. The SMILES string of the molecule is OCCN(CC(F)(F)F)C1CCNC1. The molecule has 0 aromatic rings. The first-order chi connectivity index (χ1) is 6.53. The number of aliphatic hydroxyl groups excluding tert-OH is 1. The molecule has 0 spiro atoms. The largest absolute Gasteiger partial charge is 0.401 e. The second kappa shape index (κ2) is 4.95. The van der Waals surface area contributed by atoms with E-state index in [0.29, 0.717) is 6.54 Å². The first-order valence-electron chi connectivity index (χ1n) is 4.65. The van der Waals surface area contributed by atoms with E-state index in [1.54, 1.807) is 0 Å². The Kier molecular flexibility index (Phi) is 4.15. The van der Waals surface area contributed by atoms with Crippen LogP contribution in [0.1, 0.15) is 6.42 Å². The van der Waals surface area contributed by atoms with E-state index in [-0.39, 0.29) is 19.2 Å². The zero-order valence-electron chi connectivity index (χ0n) is 7.85. The third kappa shape index (κ3) is 3.81. The number of hydrogen-bond acceptors (Lipinski definition) is 3. The van der Waals surface area contributed by atoms with E-state index in [1.165, 1.54) is 4.90 Å². The summed E-state index contributed by atoms with van der Waals surface area (Å²) in [6, 6.07) is -0.0937. The maximum absolute atomic E-state index is 12.1. The molecule has 0 saturated carbocycles. The standard InChI is InChI=1S/C8H15F3N2O/c9-8(10,11)6-13(3-4-14)7-1-2-12-5-7/h7,12,14H,1-6H2. The van der Waals surface area contributed by atoms with Gasteiger partial charge in [0.2, 0.25) is 0 Å². The predicted octanol–water partition coefficient (Wildman–Crippen LogP) is 0.205. The third-order valence-electron chi connectivity index (χ3n) is 2.32. The van der Waals surface area contributed by atoms with Gasteiger partial charge in [0.25, 0.3) is 0 Å². The number of halogens is 3. The summed E-state index contributed by atoms with van der Waals surface area (Å²) < 4.78 is 36.4. The molecule has 84 valence electrons. The van der Waals surface area contributed by atoms with Crippen molar-refractivity contribution in [1.82, 2.24) is 10.2 Å². The Labute approximate surface area is 80.9 Å². The second-order valence-corrected chi connectivity index (χ2v) is 3.46. The summed E-state index contributed by atoms with van der Waals surface area (Å²) in [5.74, 6) is 0. The van der Waals surface area contributed by atoms with Gasteiger partial charge in [0.05, 0.1) is 13.2 Å². The molecule has 1 rings (SSSR count). The molecule has 2 N–H and O–H groups in total. The Morgan fingerprint density at radius 2 is 2.14 bits per heavy atom. The molecule has 1 atom stereocenters. The van der Waals surface area contributed by atoms with Crippen molar-refractivity contribution in [3.05, 3.63) is 0 Å². The van der Waals surface area contributed by atoms with Crippen LogP contribution in [0.2, 0.25) is 0 Å². The number of hydrogen-bond donors (Lipinski definition) is 2. The van der Waals surface area contributed by atoms with Gasteiger partial charge >= 0.3 is 6.18 Å². The summed E-state index contributed by atoms with van der Waals surface area (Å²) in [5, 5.41) is 11.7. The van der Waals surface area contributed by atoms with Crippen LogP contribution in [0, 0.1) is 0 Å². The summed E-state index contributed by atoms with van der Waals surface area (Å²) in [5.41, 5.74) is 0. The highest BCUT2D eigenvalue weighted by atomic mass is 19.4. The maximum atomic E-state index is 12.1. The number of aliphatic hydroxyl groups is 1. The van der Waals surface area contributed by atoms with E-state index in [2.05, 4.69) is 5.32 Å². The molecule has 3 nitrogen and oxygen atoms in total. The van der Waals surface area contributed by atoms with Gasteiger partial charge in [0.15, 0.2) is 0 Å². The van der Waals surface area contributed by atoms with Crippen molar-refractivity contribution in [3.8, 4) is 0 Å². The molecule has 0 bridgehead atoms. The molecule has 1 saturated heterocycles. The van der Waals surface area contributed by atoms with Crippen molar-refractivity contribution in [2.24, 2.45) is 0 Å². The minimum atomic E-state index is -4.18. The predicted molar refractivity (Wildman–Crippen MR) is 46.0 cm³/mol. The normalized spacial score (nSPS) is 23.4. The summed E-state index contributed by atoms with van der Waals surface area (Å²) in [7, 11) is 0. The Hall–Kier alpha value is -0.330. The van der Waals surface area contributed by atoms with Gasteiger partial charge in [-0.15, -0.1) is 0 Å². The van der Waals surface area contributed by atoms with Crippen LogP contribution in [0.5, 0.6) is 0 Å². The van der Waals surface area contributed by atoms with Crippen molar-refractivity contribution >= 4 is 0 Å². The molecule has 14 heavy (non-hydrogen) atoms. The molecule has 0 aliphatic carbocycles. The molecule has 1 unspecified atom stereocenters. The van der Waals surface area contributed by atoms with E-state index in [0.717, 1.165) is 13.0 Å². The summed E-state index contributed by atoms with van der Waals surface area (Å²) in [6.07, 6.45) is -3.46. The Morgan fingerprint density at radius 1 is 1.43 bits per heavy atom. The molecule has 1 heterocycles. The van der Waals surface area contributed by atoms with Gasteiger partial charge in [-0.3, -0.25) is 4.90 Å². The van der Waals surface area contributed by atoms with Crippen LogP contribution >= 0.6 is 0 Å². The van der Waals surface area contributed by atoms with Gasteiger partial charge in [-0.05, 0) is 13.0 Å². The quantitative estimate of drug-likeness (QED) is 0.699. The lowest BCUT2D eigenvalue weighted by atomic mass is 10.2. The first kappa shape index (κ1) is 11.7. The van der Waals surface area contributed by atoms with Crippen molar-refractivity contribution in [3.63, 3.8) is 0 Å². The summed E-state index contributed by atoms with van der Waals surface area (Å²) in [6.45, 7) is 0.263. The fourth-order valence-electron chi connectivity index (χ4n) is 1.70. The average Bonchev–Trinajstić information content (AvgIpc) is 2.52. The van der Waals surface area contributed by atoms with E-state index in [4.69, 9.17) is 5.11 Å². The molecule has 1 aliphatic heterocycles. The van der Waals surface area contributed by atoms with Gasteiger partial charge < -0.3 is 10.4 Å². The van der Waals surface area contributed by atoms with E-state index in [1.807, 2.05) is 0 Å². The number of nitrogens with one attached hydrogen (secondary N) is 1. The van der Waals surface area contributed by atoms with Crippen LogP contribution in [0.3, 0.4) is 0 Å². The zero-order valence-corrected chi connectivity index (χ0v) is 7.85. The summed E-state index contributed by atoms with van der Waals surface area (Å²) in [4.78, 5) is 1.29. The topological polar surface area (TPSA) is 35.5 Å². The van der Waals surface area contributed by atoms with Crippen LogP contribution in [0.25, 0.3) is 0 Å². The van der Waals surface area contributed by atoms with E-state index >= 15 is 0 Å². The Morgan fingerprint density at radius 3 is 2.57 bits per heavy atom. The lowest BCUT2D eigenvalue weighted by Gasteiger charge is -2.28. The van der Waals surface area contributed by atoms with Crippen molar-refractivity contribution in [1.29, 1.82) is 0 Å². The minimum Gasteiger partial charge on any atom is -0.395 e. The third-order valence-corrected chi connectivity index (χ3v) is 2.32. The van der Waals surface area contributed by atoms with Gasteiger partial charge in [0.1, 0.15) is 0 Å². The van der Waals surface area contributed by atoms with Crippen LogP contribution in [0.15, 0.2) is 0 Å². The Balaban J connectivity index is 2.45. The first-order valence-corrected chi connectivity index (χ1v) is 4.65. The number of rotatable bonds is 4. The van der Waals surface area contributed by atoms with Crippen LogP contribution < -0.4 is 5.32 Å². The van der Waals surface area contributed by atoms with Crippen LogP contribution in [-0.2, 0) is 0 Å². The summed E-state index contributed by atoms with van der Waals surface area (Å²) >= 11 is 0. The van der Waals surface area contributed by atoms with E-state index < -0.39 is 12.7 Å². The highest BCUT2D eigenvalue weighted by Gasteiger charge is 2.34. The molecular formula is C8H15F3N2O. The second-order valence-electron chi connectivity index (χ2n) is 3.46. The number of nitrogens with zero attached hydrogens (tertiary/aromatic N) is 1. The van der Waals surface area contributed by atoms with Crippen molar-refractivity contribution in [2.75, 3.05) is 32.8 Å². The number of alkyl halides is 3.